The molecule has 36 heavy (non-hydrogen) atoms. The van der Waals surface area contributed by atoms with Crippen LogP contribution in [0.2, 0.25) is 0 Å². The van der Waals surface area contributed by atoms with Gasteiger partial charge in [0.2, 0.25) is 0 Å². The highest BCUT2D eigenvalue weighted by molar-refractivity contribution is 8.29. The highest BCUT2D eigenvalue weighted by Gasteiger charge is 2.34. The molecule has 2 aromatic rings. The van der Waals surface area contributed by atoms with Gasteiger partial charge in [0.1, 0.15) is 5.92 Å². The molecule has 0 aliphatic heterocycles. The molecule has 1 unspecified atom stereocenters. The van der Waals surface area contributed by atoms with Gasteiger partial charge in [0, 0.05) is 12.3 Å². The molecule has 204 valence electrons. The first-order chi connectivity index (χ1) is 17.4. The highest BCUT2D eigenvalue weighted by atomic mass is 32.3. The Balaban J connectivity index is 0.00000291. The van der Waals surface area contributed by atoms with Crippen LogP contribution in [0.15, 0.2) is 54.6 Å². The standard InChI is InChI=1S/C27H38O4S.2C2H6/c1-6-30-27(29)26(21(5)20-31-32(7-2,8-3)9-4)25(28)19-22-15-17-24(18-16-22)23-13-11-10-12-14-23;2*1-2/h10-18,21,26H,6-9,19-20H2,1-5H3;2*1-2H3/t21-,26?;;/m0../s1. The van der Waals surface area contributed by atoms with E-state index in [2.05, 4.69) is 32.9 Å². The first-order valence-corrected chi connectivity index (χ1v) is 15.7. The number of carbonyl (C=O) groups excluding carboxylic acids is 2. The molecule has 0 saturated carbocycles. The van der Waals surface area contributed by atoms with Crippen molar-refractivity contribution < 1.29 is 18.5 Å². The molecule has 4 nitrogen and oxygen atoms in total. The lowest BCUT2D eigenvalue weighted by Gasteiger charge is -2.38. The van der Waals surface area contributed by atoms with E-state index < -0.39 is 22.2 Å². The molecule has 0 heterocycles. The monoisotopic (exact) mass is 518 g/mol. The molecule has 5 heteroatoms. The minimum absolute atomic E-state index is 0.114. The molecule has 0 bridgehead atoms. The van der Waals surface area contributed by atoms with Gasteiger partial charge in [0.15, 0.2) is 5.78 Å². The molecule has 2 rings (SSSR count). The van der Waals surface area contributed by atoms with Crippen molar-refractivity contribution in [3.63, 3.8) is 0 Å². The molecule has 0 saturated heterocycles. The zero-order valence-corrected chi connectivity index (χ0v) is 25.0. The van der Waals surface area contributed by atoms with Gasteiger partial charge in [0.25, 0.3) is 0 Å². The van der Waals surface area contributed by atoms with Crippen LogP contribution in [0, 0.1) is 11.8 Å². The summed E-state index contributed by atoms with van der Waals surface area (Å²) in [5, 5.41) is 0. The molecule has 0 fully saturated rings. The zero-order valence-electron chi connectivity index (χ0n) is 24.1. The van der Waals surface area contributed by atoms with E-state index in [4.69, 9.17) is 8.92 Å². The van der Waals surface area contributed by atoms with Gasteiger partial charge in [-0.1, -0.05) is 110 Å². The molecule has 0 aliphatic rings. The maximum Gasteiger partial charge on any atom is 0.316 e. The van der Waals surface area contributed by atoms with Crippen molar-refractivity contribution >= 4 is 22.1 Å². The second-order valence-electron chi connectivity index (χ2n) is 8.03. The van der Waals surface area contributed by atoms with E-state index in [1.165, 1.54) is 0 Å². The average Bonchev–Trinajstić information content (AvgIpc) is 2.93. The van der Waals surface area contributed by atoms with Gasteiger partial charge < -0.3 is 8.92 Å². The fraction of sp³-hybridized carbons (Fsp3) is 0.548. The third kappa shape index (κ3) is 10.5. The molecule has 2 atom stereocenters. The van der Waals surface area contributed by atoms with Crippen LogP contribution in [0.25, 0.3) is 11.1 Å². The number of ether oxygens (including phenoxy) is 1. The van der Waals surface area contributed by atoms with E-state index in [1.807, 2.05) is 77.1 Å². The Morgan fingerprint density at radius 3 is 1.75 bits per heavy atom. The Morgan fingerprint density at radius 2 is 1.28 bits per heavy atom. The van der Waals surface area contributed by atoms with Gasteiger partial charge in [0.05, 0.1) is 13.2 Å². The lowest BCUT2D eigenvalue weighted by molar-refractivity contribution is -0.154. The van der Waals surface area contributed by atoms with E-state index in [9.17, 15) is 9.59 Å². The van der Waals surface area contributed by atoms with Crippen molar-refractivity contribution in [3.05, 3.63) is 60.2 Å². The number of hydrogen-bond donors (Lipinski definition) is 0. The predicted molar refractivity (Wildman–Crippen MR) is 158 cm³/mol. The van der Waals surface area contributed by atoms with Gasteiger partial charge in [-0.05, 0) is 40.9 Å². The van der Waals surface area contributed by atoms with Crippen LogP contribution in [0.5, 0.6) is 0 Å². The third-order valence-electron chi connectivity index (χ3n) is 6.06. The lowest BCUT2D eigenvalue weighted by Crippen LogP contribution is -2.35. The van der Waals surface area contributed by atoms with E-state index in [0.29, 0.717) is 6.61 Å². The fourth-order valence-corrected chi connectivity index (χ4v) is 6.11. The summed E-state index contributed by atoms with van der Waals surface area (Å²) >= 11 is 0. The summed E-state index contributed by atoms with van der Waals surface area (Å²) < 4.78 is 11.6. The minimum atomic E-state index is -1.16. The molecule has 0 aliphatic carbocycles. The van der Waals surface area contributed by atoms with Crippen LogP contribution in [0.1, 0.15) is 67.9 Å². The van der Waals surface area contributed by atoms with Crippen molar-refractivity contribution in [1.29, 1.82) is 0 Å². The van der Waals surface area contributed by atoms with Crippen LogP contribution in [0.3, 0.4) is 0 Å². The summed E-state index contributed by atoms with van der Waals surface area (Å²) in [6.45, 7) is 18.8. The predicted octanol–water partition coefficient (Wildman–Crippen LogP) is 8.13. The largest absolute Gasteiger partial charge is 0.465 e. The topological polar surface area (TPSA) is 52.6 Å². The van der Waals surface area contributed by atoms with Crippen LogP contribution in [-0.2, 0) is 24.9 Å². The van der Waals surface area contributed by atoms with Crippen molar-refractivity contribution in [2.45, 2.75) is 68.7 Å². The number of rotatable bonds is 13. The van der Waals surface area contributed by atoms with E-state index in [1.54, 1.807) is 6.92 Å². The van der Waals surface area contributed by atoms with Gasteiger partial charge in [-0.25, -0.2) is 0 Å². The Bertz CT molecular complexity index is 836. The zero-order chi connectivity index (χ0) is 27.6. The first-order valence-electron chi connectivity index (χ1n) is 13.6. The Kier molecular flexibility index (Phi) is 17.9. The van der Waals surface area contributed by atoms with Crippen molar-refractivity contribution in [1.82, 2.24) is 0 Å². The van der Waals surface area contributed by atoms with Crippen LogP contribution in [-0.4, -0.2) is 42.2 Å². The Labute approximate surface area is 222 Å². The maximum absolute atomic E-state index is 13.2. The number of carbonyl (C=O) groups is 2. The third-order valence-corrected chi connectivity index (χ3v) is 9.85. The molecule has 0 aromatic heterocycles. The van der Waals surface area contributed by atoms with Crippen LogP contribution >= 0.6 is 10.3 Å². The molecule has 2 aromatic carbocycles. The van der Waals surface area contributed by atoms with Gasteiger partial charge in [-0.15, -0.1) is 10.3 Å². The molecule has 0 amide bonds. The van der Waals surface area contributed by atoms with Gasteiger partial charge >= 0.3 is 5.97 Å². The highest BCUT2D eigenvalue weighted by Crippen LogP contribution is 2.48. The molecule has 0 N–H and O–H groups in total. The number of ketones is 1. The molecular formula is C31H50O4S. The SMILES string of the molecule is CC.CC.CCOC(=O)C(C(=O)Cc1ccc(-c2ccccc2)cc1)[C@@H](C)COS(CC)(CC)CC. The van der Waals surface area contributed by atoms with E-state index in [-0.39, 0.29) is 24.7 Å². The van der Waals surface area contributed by atoms with E-state index in [0.717, 1.165) is 33.9 Å². The smallest absolute Gasteiger partial charge is 0.316 e. The first kappa shape index (κ1) is 33.9. The van der Waals surface area contributed by atoms with Crippen LogP contribution in [0.4, 0.5) is 0 Å². The Hall–Kier alpha value is -2.11. The normalized spacial score (nSPS) is 12.7. The van der Waals surface area contributed by atoms with Crippen molar-refractivity contribution in [2.24, 2.45) is 11.8 Å². The molecular weight excluding hydrogens is 468 g/mol. The lowest BCUT2D eigenvalue weighted by atomic mass is 9.87. The maximum atomic E-state index is 13.2. The quantitative estimate of drug-likeness (QED) is 0.198. The summed E-state index contributed by atoms with van der Waals surface area (Å²) in [6.07, 6.45) is 0.205. The average molecular weight is 519 g/mol. The summed E-state index contributed by atoms with van der Waals surface area (Å²) in [5.74, 6) is 1.35. The molecule has 0 radical (unpaired) electrons. The number of esters is 1. The second-order valence-corrected chi connectivity index (χ2v) is 11.9. The summed E-state index contributed by atoms with van der Waals surface area (Å²) in [4.78, 5) is 25.9. The number of hydrogen-bond acceptors (Lipinski definition) is 4. The summed E-state index contributed by atoms with van der Waals surface area (Å²) in [5.41, 5.74) is 3.13. The molecule has 0 spiro atoms. The van der Waals surface area contributed by atoms with Gasteiger partial charge in [-0.3, -0.25) is 9.59 Å². The summed E-state index contributed by atoms with van der Waals surface area (Å²) in [7, 11) is -1.16. The number of Topliss-reactive ketones (excluding diaryl/α,β-unsaturated/α-hetero) is 1. The second kappa shape index (κ2) is 19.1. The van der Waals surface area contributed by atoms with Crippen molar-refractivity contribution in [2.75, 3.05) is 30.5 Å². The van der Waals surface area contributed by atoms with Gasteiger partial charge in [-0.2, -0.15) is 0 Å². The van der Waals surface area contributed by atoms with Crippen molar-refractivity contribution in [3.8, 4) is 11.1 Å². The summed E-state index contributed by atoms with van der Waals surface area (Å²) in [6, 6.07) is 18.1. The fourth-order valence-electron chi connectivity index (χ4n) is 3.88. The number of benzene rings is 2. The Morgan fingerprint density at radius 1 is 0.778 bits per heavy atom. The van der Waals surface area contributed by atoms with E-state index >= 15 is 0 Å². The van der Waals surface area contributed by atoms with Crippen LogP contribution < -0.4 is 0 Å². The minimum Gasteiger partial charge on any atom is -0.465 e.